The second kappa shape index (κ2) is 6.92. The molecule has 26 heavy (non-hydrogen) atoms. The van der Waals surface area contributed by atoms with Crippen LogP contribution in [0.4, 0.5) is 5.69 Å². The molecule has 4 rings (SSSR count). The first kappa shape index (κ1) is 17.4. The van der Waals surface area contributed by atoms with Crippen LogP contribution in [0.2, 0.25) is 0 Å². The predicted molar refractivity (Wildman–Crippen MR) is 111 cm³/mol. The van der Waals surface area contributed by atoms with Gasteiger partial charge in [-0.25, -0.2) is 5.01 Å². The number of hydrogen-bond donors (Lipinski definition) is 0. The third kappa shape index (κ3) is 3.07. The second-order valence-corrected chi connectivity index (χ2v) is 8.12. The van der Waals surface area contributed by atoms with Crippen molar-refractivity contribution < 1.29 is 0 Å². The minimum Gasteiger partial charge on any atom is -0.281 e. The number of aryl methyl sites for hydroxylation is 2. The Morgan fingerprint density at radius 2 is 1.62 bits per heavy atom. The molecule has 1 heterocycles. The van der Waals surface area contributed by atoms with Gasteiger partial charge in [-0.3, -0.25) is 5.01 Å². The summed E-state index contributed by atoms with van der Waals surface area (Å²) in [6, 6.07) is 14.5. The van der Waals surface area contributed by atoms with Gasteiger partial charge >= 0.3 is 0 Å². The van der Waals surface area contributed by atoms with Crippen molar-refractivity contribution in [2.24, 2.45) is 0 Å². The summed E-state index contributed by atoms with van der Waals surface area (Å²) in [5, 5.41) is 4.61. The normalized spacial score (nSPS) is 20.0. The van der Waals surface area contributed by atoms with Crippen LogP contribution in [0.25, 0.3) is 11.1 Å². The highest BCUT2D eigenvalue weighted by atomic mass is 15.6. The molecule has 0 spiro atoms. The molecule has 0 aromatic heterocycles. The molecule has 0 N–H and O–H groups in total. The largest absolute Gasteiger partial charge is 0.281 e. The van der Waals surface area contributed by atoms with E-state index in [0.29, 0.717) is 12.0 Å². The van der Waals surface area contributed by atoms with Crippen LogP contribution < -0.4 is 5.01 Å². The maximum absolute atomic E-state index is 2.43. The van der Waals surface area contributed by atoms with E-state index in [4.69, 9.17) is 0 Å². The van der Waals surface area contributed by atoms with Crippen LogP contribution >= 0.6 is 0 Å². The number of benzene rings is 2. The maximum Gasteiger partial charge on any atom is 0.0614 e. The molecule has 1 aliphatic carbocycles. The lowest BCUT2D eigenvalue weighted by Gasteiger charge is -2.31. The van der Waals surface area contributed by atoms with Crippen molar-refractivity contribution >= 4 is 5.69 Å². The van der Waals surface area contributed by atoms with E-state index in [9.17, 15) is 0 Å². The predicted octanol–water partition coefficient (Wildman–Crippen LogP) is 5.92. The summed E-state index contributed by atoms with van der Waals surface area (Å²) in [6.45, 7) is 6.79. The Kier molecular flexibility index (Phi) is 4.62. The SMILES string of the molecule is CC(C)c1ccc(-c2ccc3c(c2)CCCC3)cc1N1C=CC(C)N1C. The van der Waals surface area contributed by atoms with E-state index >= 15 is 0 Å². The number of likely N-dealkylation sites (N-methyl/N-ethyl adjacent to an activating group) is 1. The lowest BCUT2D eigenvalue weighted by Crippen LogP contribution is -2.36. The van der Waals surface area contributed by atoms with Crippen LogP contribution in [0.3, 0.4) is 0 Å². The van der Waals surface area contributed by atoms with Crippen molar-refractivity contribution in [2.45, 2.75) is 58.4 Å². The third-order valence-corrected chi connectivity index (χ3v) is 6.02. The van der Waals surface area contributed by atoms with Gasteiger partial charge in [-0.05, 0) is 78.5 Å². The van der Waals surface area contributed by atoms with Gasteiger partial charge in [0.25, 0.3) is 0 Å². The molecular weight excluding hydrogens is 316 g/mol. The molecule has 2 aromatic carbocycles. The summed E-state index contributed by atoms with van der Waals surface area (Å²) in [6.07, 6.45) is 9.61. The van der Waals surface area contributed by atoms with E-state index in [-0.39, 0.29) is 0 Å². The van der Waals surface area contributed by atoms with E-state index in [2.05, 4.69) is 86.5 Å². The fourth-order valence-corrected chi connectivity index (χ4v) is 4.21. The first-order chi connectivity index (χ1) is 12.5. The lowest BCUT2D eigenvalue weighted by molar-refractivity contribution is 0.321. The van der Waals surface area contributed by atoms with Crippen molar-refractivity contribution in [1.82, 2.24) is 5.01 Å². The molecule has 0 radical (unpaired) electrons. The number of anilines is 1. The Hall–Kier alpha value is -2.06. The molecule has 136 valence electrons. The Balaban J connectivity index is 1.76. The highest BCUT2D eigenvalue weighted by molar-refractivity contribution is 5.72. The molecule has 0 saturated heterocycles. The zero-order valence-corrected chi connectivity index (χ0v) is 16.5. The number of hydrazine groups is 1. The fraction of sp³-hybridized carbons (Fsp3) is 0.417. The molecule has 0 amide bonds. The van der Waals surface area contributed by atoms with Gasteiger partial charge in [-0.2, -0.15) is 0 Å². The molecule has 2 heteroatoms. The van der Waals surface area contributed by atoms with Gasteiger partial charge in [0.2, 0.25) is 0 Å². The monoisotopic (exact) mass is 346 g/mol. The van der Waals surface area contributed by atoms with Crippen molar-refractivity contribution in [3.8, 4) is 11.1 Å². The molecule has 0 saturated carbocycles. The van der Waals surface area contributed by atoms with E-state index in [0.717, 1.165) is 0 Å². The number of hydrogen-bond acceptors (Lipinski definition) is 2. The highest BCUT2D eigenvalue weighted by Crippen LogP contribution is 2.36. The molecular formula is C24H30N2. The molecule has 2 aliphatic rings. The van der Waals surface area contributed by atoms with Crippen molar-refractivity contribution in [2.75, 3.05) is 12.1 Å². The first-order valence-corrected chi connectivity index (χ1v) is 10.0. The van der Waals surface area contributed by atoms with Gasteiger partial charge in [0.05, 0.1) is 5.69 Å². The quantitative estimate of drug-likeness (QED) is 0.680. The summed E-state index contributed by atoms with van der Waals surface area (Å²) < 4.78 is 0. The molecule has 1 unspecified atom stereocenters. The highest BCUT2D eigenvalue weighted by Gasteiger charge is 2.23. The van der Waals surface area contributed by atoms with Gasteiger partial charge in [0.15, 0.2) is 0 Å². The molecule has 1 aliphatic heterocycles. The summed E-state index contributed by atoms with van der Waals surface area (Å²) >= 11 is 0. The average Bonchev–Trinajstić information content (AvgIpc) is 2.99. The van der Waals surface area contributed by atoms with Crippen LogP contribution in [-0.2, 0) is 12.8 Å². The van der Waals surface area contributed by atoms with Gasteiger partial charge in [-0.15, -0.1) is 0 Å². The van der Waals surface area contributed by atoms with Crippen LogP contribution in [0, 0.1) is 0 Å². The van der Waals surface area contributed by atoms with E-state index in [1.165, 1.54) is 48.1 Å². The van der Waals surface area contributed by atoms with Crippen LogP contribution in [0.1, 0.15) is 56.2 Å². The molecule has 0 bridgehead atoms. The number of rotatable bonds is 3. The van der Waals surface area contributed by atoms with Gasteiger partial charge in [-0.1, -0.05) is 44.2 Å². The zero-order chi connectivity index (χ0) is 18.3. The zero-order valence-electron chi connectivity index (χ0n) is 16.5. The van der Waals surface area contributed by atoms with Gasteiger partial charge in [0, 0.05) is 19.3 Å². The Bertz CT molecular complexity index is 834. The van der Waals surface area contributed by atoms with Crippen molar-refractivity contribution in [1.29, 1.82) is 0 Å². The summed E-state index contributed by atoms with van der Waals surface area (Å²) in [5.41, 5.74) is 8.47. The van der Waals surface area contributed by atoms with Gasteiger partial charge in [0.1, 0.15) is 0 Å². The summed E-state index contributed by atoms with van der Waals surface area (Å²) in [7, 11) is 2.17. The second-order valence-electron chi connectivity index (χ2n) is 8.12. The smallest absolute Gasteiger partial charge is 0.0614 e. The Labute approximate surface area is 158 Å². The summed E-state index contributed by atoms with van der Waals surface area (Å²) in [5.74, 6) is 0.500. The molecule has 1 atom stereocenters. The van der Waals surface area contributed by atoms with Crippen LogP contribution in [0.5, 0.6) is 0 Å². The van der Waals surface area contributed by atoms with Gasteiger partial charge < -0.3 is 0 Å². The number of fused-ring (bicyclic) bond motifs is 1. The fourth-order valence-electron chi connectivity index (χ4n) is 4.21. The van der Waals surface area contributed by atoms with E-state index < -0.39 is 0 Å². The molecule has 2 nitrogen and oxygen atoms in total. The van der Waals surface area contributed by atoms with Crippen LogP contribution in [0.15, 0.2) is 48.7 Å². The maximum atomic E-state index is 2.43. The lowest BCUT2D eigenvalue weighted by atomic mass is 9.88. The minimum atomic E-state index is 0.433. The first-order valence-electron chi connectivity index (χ1n) is 10.0. The number of nitrogens with zero attached hydrogens (tertiary/aromatic N) is 2. The molecule has 0 fully saturated rings. The van der Waals surface area contributed by atoms with Crippen LogP contribution in [-0.4, -0.2) is 18.1 Å². The van der Waals surface area contributed by atoms with Crippen molar-refractivity contribution in [3.63, 3.8) is 0 Å². The van der Waals surface area contributed by atoms with Crippen molar-refractivity contribution in [3.05, 3.63) is 65.4 Å². The van der Waals surface area contributed by atoms with E-state index in [1.54, 1.807) is 11.1 Å². The standard InChI is InChI=1S/C24H30N2/c1-17(2)23-12-11-22(16-24(23)26-14-13-18(3)25(26)4)21-10-9-19-7-5-6-8-20(19)15-21/h9-18H,5-8H2,1-4H3. The Morgan fingerprint density at radius 3 is 2.31 bits per heavy atom. The summed E-state index contributed by atoms with van der Waals surface area (Å²) in [4.78, 5) is 0. The Morgan fingerprint density at radius 1 is 0.923 bits per heavy atom. The third-order valence-electron chi connectivity index (χ3n) is 6.02. The minimum absolute atomic E-state index is 0.433. The average molecular weight is 347 g/mol. The van der Waals surface area contributed by atoms with E-state index in [1.807, 2.05) is 0 Å². The topological polar surface area (TPSA) is 6.48 Å². The molecule has 2 aromatic rings.